The number of nitrogens with zero attached hydrogens (tertiary/aromatic N) is 1. The molecule has 1 saturated carbocycles. The monoisotopic (exact) mass is 386 g/mol. The Morgan fingerprint density at radius 1 is 1.18 bits per heavy atom. The van der Waals surface area contributed by atoms with Crippen LogP contribution in [0.3, 0.4) is 0 Å². The molecule has 2 aromatic rings. The van der Waals surface area contributed by atoms with E-state index >= 15 is 0 Å². The number of nitrogens with one attached hydrogen (secondary N) is 1. The molecule has 2 aromatic carbocycles. The molecule has 2 atom stereocenters. The molecule has 0 unspecified atom stereocenters. The third-order valence-electron chi connectivity index (χ3n) is 5.06. The standard InChI is InChI=1S/C21H20F2N2O3/c22-14-6-3-5-13(20(14)23)11-25-12-19(28-18-10-2-1-8-16(18)25)21(27)24-15-7-4-9-17(15)26/h1-3,5-6,8,10,12,15,17,26H,4,7,9,11H2,(H,24,27)/t15-,17-/m1/s1. The number of para-hydroxylation sites is 2. The SMILES string of the molecule is O=C(N[C@@H]1CCC[C@H]1O)C1=CN(Cc2cccc(F)c2F)c2ccccc2O1. The summed E-state index contributed by atoms with van der Waals surface area (Å²) < 4.78 is 33.4. The van der Waals surface area contributed by atoms with E-state index in [9.17, 15) is 18.7 Å². The lowest BCUT2D eigenvalue weighted by molar-refractivity contribution is -0.120. The van der Waals surface area contributed by atoms with Crippen LogP contribution in [0.1, 0.15) is 24.8 Å². The molecule has 2 N–H and O–H groups in total. The lowest BCUT2D eigenvalue weighted by atomic mass is 10.1. The van der Waals surface area contributed by atoms with Crippen LogP contribution < -0.4 is 15.0 Å². The van der Waals surface area contributed by atoms with Gasteiger partial charge in [-0.1, -0.05) is 24.3 Å². The number of aliphatic hydroxyl groups excluding tert-OH is 1. The fourth-order valence-corrected chi connectivity index (χ4v) is 3.57. The maximum atomic E-state index is 14.1. The van der Waals surface area contributed by atoms with E-state index in [0.29, 0.717) is 24.3 Å². The molecule has 1 heterocycles. The summed E-state index contributed by atoms with van der Waals surface area (Å²) in [5.74, 6) is -1.81. The van der Waals surface area contributed by atoms with Crippen LogP contribution in [0.5, 0.6) is 5.75 Å². The highest BCUT2D eigenvalue weighted by Crippen LogP contribution is 2.35. The fraction of sp³-hybridized carbons (Fsp3) is 0.286. The van der Waals surface area contributed by atoms with Gasteiger partial charge in [-0.25, -0.2) is 8.78 Å². The van der Waals surface area contributed by atoms with Crippen molar-refractivity contribution in [2.24, 2.45) is 0 Å². The molecule has 7 heteroatoms. The lowest BCUT2D eigenvalue weighted by Gasteiger charge is -2.29. The molecule has 1 aliphatic carbocycles. The highest BCUT2D eigenvalue weighted by molar-refractivity contribution is 5.93. The van der Waals surface area contributed by atoms with Gasteiger partial charge in [0.05, 0.1) is 30.6 Å². The summed E-state index contributed by atoms with van der Waals surface area (Å²) in [5.41, 5.74) is 0.808. The summed E-state index contributed by atoms with van der Waals surface area (Å²) in [6.45, 7) is 0.0345. The summed E-state index contributed by atoms with van der Waals surface area (Å²) in [7, 11) is 0. The number of amides is 1. The van der Waals surface area contributed by atoms with Gasteiger partial charge in [-0.2, -0.15) is 0 Å². The quantitative estimate of drug-likeness (QED) is 0.847. The maximum Gasteiger partial charge on any atom is 0.288 e. The van der Waals surface area contributed by atoms with Crippen LogP contribution in [0.2, 0.25) is 0 Å². The van der Waals surface area contributed by atoms with Crippen LogP contribution in [0, 0.1) is 11.6 Å². The van der Waals surface area contributed by atoms with Crippen LogP contribution in [0.25, 0.3) is 0 Å². The van der Waals surface area contributed by atoms with Crippen LogP contribution in [0.4, 0.5) is 14.5 Å². The van der Waals surface area contributed by atoms with Gasteiger partial charge in [-0.3, -0.25) is 4.79 Å². The number of ether oxygens (including phenoxy) is 1. The van der Waals surface area contributed by atoms with Crippen molar-refractivity contribution >= 4 is 11.6 Å². The molecule has 0 spiro atoms. The Morgan fingerprint density at radius 3 is 2.79 bits per heavy atom. The van der Waals surface area contributed by atoms with Gasteiger partial charge in [0.15, 0.2) is 17.4 Å². The Hall–Kier alpha value is -2.93. The molecular weight excluding hydrogens is 366 g/mol. The second-order valence-corrected chi connectivity index (χ2v) is 6.98. The molecule has 146 valence electrons. The number of aliphatic hydroxyl groups is 1. The van der Waals surface area contributed by atoms with Crippen LogP contribution in [0.15, 0.2) is 54.4 Å². The number of benzene rings is 2. The zero-order valence-electron chi connectivity index (χ0n) is 15.1. The predicted octanol–water partition coefficient (Wildman–Crippen LogP) is 3.23. The third kappa shape index (κ3) is 3.57. The first-order valence-electron chi connectivity index (χ1n) is 9.20. The van der Waals surface area contributed by atoms with Gasteiger partial charge in [0.1, 0.15) is 0 Å². The van der Waals surface area contributed by atoms with Gasteiger partial charge in [-0.05, 0) is 37.5 Å². The van der Waals surface area contributed by atoms with Gasteiger partial charge in [0.25, 0.3) is 5.91 Å². The van der Waals surface area contributed by atoms with Crippen molar-refractivity contribution in [3.8, 4) is 5.75 Å². The number of hydrogen-bond acceptors (Lipinski definition) is 4. The predicted molar refractivity (Wildman–Crippen MR) is 99.5 cm³/mol. The van der Waals surface area contributed by atoms with Crippen LogP contribution in [-0.4, -0.2) is 23.2 Å². The second-order valence-electron chi connectivity index (χ2n) is 6.98. The molecule has 0 radical (unpaired) electrons. The largest absolute Gasteiger partial charge is 0.448 e. The first-order chi connectivity index (χ1) is 13.5. The average molecular weight is 386 g/mol. The minimum atomic E-state index is -0.920. The maximum absolute atomic E-state index is 14.1. The molecular formula is C21H20F2N2O3. The molecule has 1 amide bonds. The van der Waals surface area contributed by atoms with Crippen molar-refractivity contribution in [1.29, 1.82) is 0 Å². The molecule has 0 aromatic heterocycles. The normalized spacial score (nSPS) is 21.0. The molecule has 28 heavy (non-hydrogen) atoms. The summed E-state index contributed by atoms with van der Waals surface area (Å²) in [4.78, 5) is 14.3. The van der Waals surface area contributed by atoms with Crippen molar-refractivity contribution in [3.05, 3.63) is 71.6 Å². The van der Waals surface area contributed by atoms with E-state index < -0.39 is 23.6 Å². The summed E-state index contributed by atoms with van der Waals surface area (Å²) in [5, 5.41) is 12.7. The number of hydrogen-bond donors (Lipinski definition) is 2. The topological polar surface area (TPSA) is 61.8 Å². The van der Waals surface area contributed by atoms with Crippen molar-refractivity contribution in [2.45, 2.75) is 38.0 Å². The van der Waals surface area contributed by atoms with Gasteiger partial charge < -0.3 is 20.1 Å². The Morgan fingerprint density at radius 2 is 2.00 bits per heavy atom. The first-order valence-corrected chi connectivity index (χ1v) is 9.20. The van der Waals surface area contributed by atoms with Crippen molar-refractivity contribution in [2.75, 3.05) is 4.90 Å². The minimum absolute atomic E-state index is 0.0345. The number of halogens is 2. The molecule has 0 bridgehead atoms. The molecule has 1 aliphatic heterocycles. The van der Waals surface area contributed by atoms with Crippen LogP contribution in [-0.2, 0) is 11.3 Å². The molecule has 4 rings (SSSR count). The zero-order chi connectivity index (χ0) is 19.7. The first kappa shape index (κ1) is 18.4. The van der Waals surface area contributed by atoms with Crippen molar-refractivity contribution in [3.63, 3.8) is 0 Å². The molecule has 0 saturated heterocycles. The highest BCUT2D eigenvalue weighted by atomic mass is 19.2. The van der Waals surface area contributed by atoms with Crippen molar-refractivity contribution < 1.29 is 23.4 Å². The van der Waals surface area contributed by atoms with E-state index in [2.05, 4.69) is 5.32 Å². The second kappa shape index (κ2) is 7.59. The number of anilines is 1. The highest BCUT2D eigenvalue weighted by Gasteiger charge is 2.30. The van der Waals surface area contributed by atoms with Crippen molar-refractivity contribution in [1.82, 2.24) is 5.32 Å². The Bertz CT molecular complexity index is 932. The number of rotatable bonds is 4. The van der Waals surface area contributed by atoms with Gasteiger partial charge >= 0.3 is 0 Å². The molecule has 1 fully saturated rings. The summed E-state index contributed by atoms with van der Waals surface area (Å²) >= 11 is 0. The van der Waals surface area contributed by atoms with E-state index in [0.717, 1.165) is 12.5 Å². The Balaban J connectivity index is 1.61. The zero-order valence-corrected chi connectivity index (χ0v) is 15.1. The Labute approximate surface area is 161 Å². The fourth-order valence-electron chi connectivity index (χ4n) is 3.57. The summed E-state index contributed by atoms with van der Waals surface area (Å²) in [6, 6.07) is 10.7. The van der Waals surface area contributed by atoms with E-state index in [1.165, 1.54) is 18.3 Å². The number of fused-ring (bicyclic) bond motifs is 1. The van der Waals surface area contributed by atoms with E-state index in [1.54, 1.807) is 29.2 Å². The van der Waals surface area contributed by atoms with E-state index in [-0.39, 0.29) is 23.9 Å². The van der Waals surface area contributed by atoms with E-state index in [4.69, 9.17) is 4.74 Å². The minimum Gasteiger partial charge on any atom is -0.448 e. The van der Waals surface area contributed by atoms with Gasteiger partial charge in [0.2, 0.25) is 5.76 Å². The summed E-state index contributed by atoms with van der Waals surface area (Å²) in [6.07, 6.45) is 3.11. The number of carbonyl (C=O) groups is 1. The smallest absolute Gasteiger partial charge is 0.288 e. The van der Waals surface area contributed by atoms with E-state index in [1.807, 2.05) is 0 Å². The van der Waals surface area contributed by atoms with Gasteiger partial charge in [-0.15, -0.1) is 0 Å². The Kier molecular flexibility index (Phi) is 5.00. The third-order valence-corrected chi connectivity index (χ3v) is 5.06. The van der Waals surface area contributed by atoms with Gasteiger partial charge in [0, 0.05) is 5.56 Å². The average Bonchev–Trinajstić information content (AvgIpc) is 3.09. The lowest BCUT2D eigenvalue weighted by Crippen LogP contribution is -2.42. The number of carbonyl (C=O) groups excluding carboxylic acids is 1. The van der Waals surface area contributed by atoms with Crippen LogP contribution >= 0.6 is 0 Å². The molecule has 5 nitrogen and oxygen atoms in total. The molecule has 2 aliphatic rings.